The molecule has 6 rings (SSSR count). The lowest BCUT2D eigenvalue weighted by Crippen LogP contribution is -2.55. The molecule has 0 radical (unpaired) electrons. The quantitative estimate of drug-likeness (QED) is 0.514. The number of hydrogen-bond acceptors (Lipinski definition) is 7. The predicted octanol–water partition coefficient (Wildman–Crippen LogP) is 3.42. The molecule has 2 aliphatic heterocycles. The van der Waals surface area contributed by atoms with Crippen LogP contribution in [0.3, 0.4) is 0 Å². The van der Waals surface area contributed by atoms with Crippen molar-refractivity contribution < 1.29 is 9.13 Å². The van der Waals surface area contributed by atoms with Gasteiger partial charge in [-0.05, 0) is 37.5 Å². The summed E-state index contributed by atoms with van der Waals surface area (Å²) in [6.07, 6.45) is 6.85. The van der Waals surface area contributed by atoms with E-state index in [4.69, 9.17) is 15.6 Å². The Balaban J connectivity index is 1.39. The second kappa shape index (κ2) is 8.08. The maximum absolute atomic E-state index is 14.3. The summed E-state index contributed by atoms with van der Waals surface area (Å²) < 4.78 is 21.7. The Morgan fingerprint density at radius 1 is 1.06 bits per heavy atom. The van der Waals surface area contributed by atoms with Crippen LogP contribution < -0.4 is 10.6 Å². The molecule has 1 aromatic carbocycles. The summed E-state index contributed by atoms with van der Waals surface area (Å²) in [5.74, 6) is 0.582. The van der Waals surface area contributed by atoms with E-state index in [-0.39, 0.29) is 12.4 Å². The fourth-order valence-electron chi connectivity index (χ4n) is 5.00. The van der Waals surface area contributed by atoms with Gasteiger partial charge < -0.3 is 15.4 Å². The number of fused-ring (bicyclic) bond motifs is 3. The molecule has 2 aliphatic rings. The van der Waals surface area contributed by atoms with Crippen molar-refractivity contribution in [3.05, 3.63) is 60.2 Å². The molecule has 33 heavy (non-hydrogen) atoms. The smallest absolute Gasteiger partial charge is 0.182 e. The molecular weight excluding hydrogens is 421 g/mol. The number of aromatic nitrogens is 5. The molecule has 0 saturated carbocycles. The minimum Gasteiger partial charge on any atom is -0.382 e. The molecule has 5 heterocycles. The SMILES string of the molecule is Nc1nc(-c2nn(Cc3ccccc3F)c3ncccc23)ncc1N1C2CCCC1COC2. The van der Waals surface area contributed by atoms with E-state index in [1.807, 2.05) is 18.2 Å². The van der Waals surface area contributed by atoms with Gasteiger partial charge >= 0.3 is 0 Å². The third-order valence-electron chi connectivity index (χ3n) is 6.55. The molecule has 8 nitrogen and oxygen atoms in total. The van der Waals surface area contributed by atoms with Crippen molar-refractivity contribution in [2.75, 3.05) is 23.8 Å². The molecule has 168 valence electrons. The first kappa shape index (κ1) is 20.0. The molecule has 4 aromatic rings. The molecule has 0 aliphatic carbocycles. The van der Waals surface area contributed by atoms with Crippen LogP contribution in [0.15, 0.2) is 48.8 Å². The molecule has 2 atom stereocenters. The van der Waals surface area contributed by atoms with E-state index in [0.29, 0.717) is 53.8 Å². The maximum atomic E-state index is 14.3. The highest BCUT2D eigenvalue weighted by Crippen LogP contribution is 2.36. The van der Waals surface area contributed by atoms with Crippen molar-refractivity contribution in [1.82, 2.24) is 24.7 Å². The molecular formula is C24H24FN7O. The topological polar surface area (TPSA) is 95.0 Å². The van der Waals surface area contributed by atoms with Crippen LogP contribution >= 0.6 is 0 Å². The Hall–Kier alpha value is -3.59. The molecule has 3 aromatic heterocycles. The lowest BCUT2D eigenvalue weighted by atomic mass is 9.94. The minimum absolute atomic E-state index is 0.255. The van der Waals surface area contributed by atoms with E-state index in [2.05, 4.69) is 19.9 Å². The average Bonchev–Trinajstić information content (AvgIpc) is 3.19. The van der Waals surface area contributed by atoms with Crippen molar-refractivity contribution in [2.24, 2.45) is 0 Å². The van der Waals surface area contributed by atoms with Crippen molar-refractivity contribution in [3.63, 3.8) is 0 Å². The van der Waals surface area contributed by atoms with Gasteiger partial charge in [0.2, 0.25) is 0 Å². The first-order valence-corrected chi connectivity index (χ1v) is 11.2. The molecule has 2 fully saturated rings. The van der Waals surface area contributed by atoms with Crippen molar-refractivity contribution in [2.45, 2.75) is 37.9 Å². The van der Waals surface area contributed by atoms with Gasteiger partial charge in [-0.1, -0.05) is 18.2 Å². The highest BCUT2D eigenvalue weighted by atomic mass is 19.1. The Morgan fingerprint density at radius 2 is 1.88 bits per heavy atom. The summed E-state index contributed by atoms with van der Waals surface area (Å²) in [5, 5.41) is 5.51. The standard InChI is InChI=1S/C24H24FN7O/c25-19-9-2-1-5-15(19)12-31-24-18(8-4-10-27-24)21(30-31)23-28-11-20(22(26)29-23)32-16-6-3-7-17(32)14-33-13-16/h1-2,4-5,8-11,16-17H,3,6-7,12-14H2,(H2,26,28,29). The van der Waals surface area contributed by atoms with Gasteiger partial charge in [-0.3, -0.25) is 0 Å². The number of pyridine rings is 1. The van der Waals surface area contributed by atoms with Gasteiger partial charge in [0.25, 0.3) is 0 Å². The summed E-state index contributed by atoms with van der Waals surface area (Å²) in [6, 6.07) is 11.0. The number of halogens is 1. The van der Waals surface area contributed by atoms with Crippen LogP contribution in [0.2, 0.25) is 0 Å². The number of piperidine rings is 1. The normalized spacial score (nSPS) is 20.3. The molecule has 2 N–H and O–H groups in total. The Morgan fingerprint density at radius 3 is 2.67 bits per heavy atom. The number of anilines is 2. The Bertz CT molecular complexity index is 1300. The van der Waals surface area contributed by atoms with Gasteiger partial charge in [0.05, 0.1) is 49.1 Å². The number of benzene rings is 1. The summed E-state index contributed by atoms with van der Waals surface area (Å²) in [4.78, 5) is 16.1. The number of ether oxygens (including phenoxy) is 1. The van der Waals surface area contributed by atoms with Crippen LogP contribution in [0.1, 0.15) is 24.8 Å². The summed E-state index contributed by atoms with van der Waals surface area (Å²) >= 11 is 0. The fraction of sp³-hybridized carbons (Fsp3) is 0.333. The van der Waals surface area contributed by atoms with E-state index in [9.17, 15) is 4.39 Å². The fourth-order valence-corrected chi connectivity index (χ4v) is 5.00. The molecule has 9 heteroatoms. The highest BCUT2D eigenvalue weighted by Gasteiger charge is 2.36. The summed E-state index contributed by atoms with van der Waals surface area (Å²) in [6.45, 7) is 1.66. The monoisotopic (exact) mass is 445 g/mol. The molecule has 0 amide bonds. The van der Waals surface area contributed by atoms with Gasteiger partial charge in [0.1, 0.15) is 11.5 Å². The number of nitrogen functional groups attached to an aromatic ring is 1. The number of nitrogens with two attached hydrogens (primary N) is 1. The zero-order chi connectivity index (χ0) is 22.4. The van der Waals surface area contributed by atoms with Crippen LogP contribution in [0.25, 0.3) is 22.6 Å². The second-order valence-corrected chi connectivity index (χ2v) is 8.62. The lowest BCUT2D eigenvalue weighted by molar-refractivity contribution is 0.0463. The van der Waals surface area contributed by atoms with Gasteiger partial charge in [-0.2, -0.15) is 5.10 Å². The number of hydrogen-bond donors (Lipinski definition) is 1. The van der Waals surface area contributed by atoms with Crippen LogP contribution in [-0.4, -0.2) is 50.0 Å². The average molecular weight is 446 g/mol. The van der Waals surface area contributed by atoms with Gasteiger partial charge in [-0.15, -0.1) is 0 Å². The zero-order valence-electron chi connectivity index (χ0n) is 18.1. The van der Waals surface area contributed by atoms with Crippen LogP contribution in [0.5, 0.6) is 0 Å². The summed E-state index contributed by atoms with van der Waals surface area (Å²) in [7, 11) is 0. The third kappa shape index (κ3) is 3.48. The van der Waals surface area contributed by atoms with Crippen LogP contribution in [-0.2, 0) is 11.3 Å². The van der Waals surface area contributed by atoms with Crippen LogP contribution in [0.4, 0.5) is 15.9 Å². The van der Waals surface area contributed by atoms with Gasteiger partial charge in [0.15, 0.2) is 17.3 Å². The first-order chi connectivity index (χ1) is 16.2. The Kier molecular flexibility index (Phi) is 4.91. The van der Waals surface area contributed by atoms with E-state index in [1.54, 1.807) is 29.2 Å². The van der Waals surface area contributed by atoms with Crippen molar-refractivity contribution in [1.29, 1.82) is 0 Å². The Labute approximate surface area is 190 Å². The van der Waals surface area contributed by atoms with E-state index in [1.165, 1.54) is 12.5 Å². The molecule has 0 spiro atoms. The molecule has 2 bridgehead atoms. The lowest BCUT2D eigenvalue weighted by Gasteiger charge is -2.47. The number of morpholine rings is 1. The van der Waals surface area contributed by atoms with E-state index in [0.717, 1.165) is 23.9 Å². The maximum Gasteiger partial charge on any atom is 0.182 e. The van der Waals surface area contributed by atoms with Crippen LogP contribution in [0, 0.1) is 5.82 Å². The number of rotatable bonds is 4. The summed E-state index contributed by atoms with van der Waals surface area (Å²) in [5.41, 5.74) is 9.06. The third-order valence-corrected chi connectivity index (χ3v) is 6.55. The van der Waals surface area contributed by atoms with Crippen molar-refractivity contribution in [3.8, 4) is 11.5 Å². The second-order valence-electron chi connectivity index (χ2n) is 8.62. The van der Waals surface area contributed by atoms with E-state index >= 15 is 0 Å². The highest BCUT2D eigenvalue weighted by molar-refractivity contribution is 5.89. The van der Waals surface area contributed by atoms with Gasteiger partial charge in [0, 0.05) is 11.8 Å². The van der Waals surface area contributed by atoms with E-state index < -0.39 is 0 Å². The zero-order valence-corrected chi connectivity index (χ0v) is 18.1. The van der Waals surface area contributed by atoms with Gasteiger partial charge in [-0.25, -0.2) is 24.0 Å². The number of nitrogens with zero attached hydrogens (tertiary/aromatic N) is 6. The predicted molar refractivity (Wildman–Crippen MR) is 123 cm³/mol. The molecule has 2 unspecified atom stereocenters. The van der Waals surface area contributed by atoms with Crippen molar-refractivity contribution >= 4 is 22.5 Å². The minimum atomic E-state index is -0.278. The largest absolute Gasteiger partial charge is 0.382 e. The first-order valence-electron chi connectivity index (χ1n) is 11.2. The molecule has 2 saturated heterocycles.